The van der Waals surface area contributed by atoms with Crippen LogP contribution in [0.4, 0.5) is 10.1 Å². The predicted octanol–water partition coefficient (Wildman–Crippen LogP) is 5.41. The standard InChI is InChI=1S/C23H23FN2O/c1-23(2,3)15-9-7-14(8-10-15)17-12-18(17)22(27)26-16-11-19-20(24)5-4-6-21(19)25-13-16/h4-11,13,17-18H,12H2,1-3H3,(H,26,27). The highest BCUT2D eigenvalue weighted by Gasteiger charge is 2.44. The summed E-state index contributed by atoms with van der Waals surface area (Å²) in [5.41, 5.74) is 3.72. The van der Waals surface area contributed by atoms with Crippen LogP contribution < -0.4 is 5.32 Å². The lowest BCUT2D eigenvalue weighted by molar-refractivity contribution is -0.117. The zero-order valence-electron chi connectivity index (χ0n) is 15.8. The molecule has 1 aromatic heterocycles. The molecule has 1 aliphatic carbocycles. The van der Waals surface area contributed by atoms with Crippen molar-refractivity contribution in [2.24, 2.45) is 5.92 Å². The Morgan fingerprint density at radius 2 is 1.89 bits per heavy atom. The topological polar surface area (TPSA) is 42.0 Å². The van der Waals surface area contributed by atoms with Gasteiger partial charge in [0, 0.05) is 11.3 Å². The fourth-order valence-corrected chi connectivity index (χ4v) is 3.50. The number of aromatic nitrogens is 1. The quantitative estimate of drug-likeness (QED) is 0.676. The van der Waals surface area contributed by atoms with E-state index < -0.39 is 0 Å². The summed E-state index contributed by atoms with van der Waals surface area (Å²) >= 11 is 0. The lowest BCUT2D eigenvalue weighted by Crippen LogP contribution is -2.15. The van der Waals surface area contributed by atoms with Crippen LogP contribution in [0.1, 0.15) is 44.2 Å². The minimum absolute atomic E-state index is 0.0302. The zero-order valence-corrected chi connectivity index (χ0v) is 15.8. The first-order chi connectivity index (χ1) is 12.8. The van der Waals surface area contributed by atoms with Gasteiger partial charge >= 0.3 is 0 Å². The highest BCUT2D eigenvalue weighted by atomic mass is 19.1. The van der Waals surface area contributed by atoms with Crippen LogP contribution in [-0.2, 0) is 10.2 Å². The van der Waals surface area contributed by atoms with Gasteiger partial charge in [0.2, 0.25) is 5.91 Å². The van der Waals surface area contributed by atoms with Gasteiger partial charge in [-0.25, -0.2) is 4.39 Å². The van der Waals surface area contributed by atoms with Crippen LogP contribution in [0, 0.1) is 11.7 Å². The summed E-state index contributed by atoms with van der Waals surface area (Å²) in [5, 5.41) is 3.31. The van der Waals surface area contributed by atoms with Gasteiger partial charge in [-0.15, -0.1) is 0 Å². The molecular weight excluding hydrogens is 339 g/mol. The first-order valence-electron chi connectivity index (χ1n) is 9.28. The van der Waals surface area contributed by atoms with Crippen molar-refractivity contribution in [1.82, 2.24) is 4.98 Å². The normalized spacial score (nSPS) is 19.1. The van der Waals surface area contributed by atoms with Crippen LogP contribution >= 0.6 is 0 Å². The number of halogens is 1. The monoisotopic (exact) mass is 362 g/mol. The Bertz CT molecular complexity index is 1010. The molecule has 4 heteroatoms. The van der Waals surface area contributed by atoms with Gasteiger partial charge in [0.1, 0.15) is 5.82 Å². The smallest absolute Gasteiger partial charge is 0.228 e. The van der Waals surface area contributed by atoms with Crippen LogP contribution in [0.25, 0.3) is 10.9 Å². The molecule has 0 saturated heterocycles. The van der Waals surface area contributed by atoms with Crippen LogP contribution in [0.15, 0.2) is 54.7 Å². The van der Waals surface area contributed by atoms with Crippen LogP contribution in [0.5, 0.6) is 0 Å². The van der Waals surface area contributed by atoms with E-state index in [0.717, 1.165) is 6.42 Å². The summed E-state index contributed by atoms with van der Waals surface area (Å²) < 4.78 is 13.9. The molecule has 0 spiro atoms. The summed E-state index contributed by atoms with van der Waals surface area (Å²) in [6.45, 7) is 6.57. The number of amides is 1. The maximum atomic E-state index is 13.9. The van der Waals surface area contributed by atoms with Crippen molar-refractivity contribution in [3.8, 4) is 0 Å². The van der Waals surface area contributed by atoms with E-state index in [-0.39, 0.29) is 29.0 Å². The molecule has 1 N–H and O–H groups in total. The van der Waals surface area contributed by atoms with Gasteiger partial charge in [0.05, 0.1) is 17.4 Å². The number of rotatable bonds is 3. The molecule has 1 amide bonds. The molecule has 1 aliphatic rings. The average molecular weight is 362 g/mol. The van der Waals surface area contributed by atoms with E-state index in [1.165, 1.54) is 17.2 Å². The van der Waals surface area contributed by atoms with Crippen molar-refractivity contribution in [2.75, 3.05) is 5.32 Å². The van der Waals surface area contributed by atoms with Crippen molar-refractivity contribution in [2.45, 2.75) is 38.5 Å². The van der Waals surface area contributed by atoms with E-state index in [9.17, 15) is 9.18 Å². The fraction of sp³-hybridized carbons (Fsp3) is 0.304. The number of benzene rings is 2. The van der Waals surface area contributed by atoms with Crippen molar-refractivity contribution in [3.05, 3.63) is 71.7 Å². The van der Waals surface area contributed by atoms with Gasteiger partial charge in [0.15, 0.2) is 0 Å². The number of nitrogens with one attached hydrogen (secondary N) is 1. The highest BCUT2D eigenvalue weighted by Crippen LogP contribution is 2.48. The number of pyridine rings is 1. The summed E-state index contributed by atoms with van der Waals surface area (Å²) in [4.78, 5) is 16.8. The summed E-state index contributed by atoms with van der Waals surface area (Å²) in [7, 11) is 0. The minimum atomic E-state index is -0.334. The molecule has 1 heterocycles. The lowest BCUT2D eigenvalue weighted by atomic mass is 9.86. The number of fused-ring (bicyclic) bond motifs is 1. The summed E-state index contributed by atoms with van der Waals surface area (Å²) in [6, 6.07) is 15.0. The third-order valence-electron chi connectivity index (χ3n) is 5.27. The van der Waals surface area contributed by atoms with Crippen LogP contribution in [0.2, 0.25) is 0 Å². The minimum Gasteiger partial charge on any atom is -0.324 e. The van der Waals surface area contributed by atoms with E-state index in [2.05, 4.69) is 55.3 Å². The maximum absolute atomic E-state index is 13.9. The van der Waals surface area contributed by atoms with Gasteiger partial charge in [-0.05, 0) is 47.1 Å². The second-order valence-corrected chi connectivity index (χ2v) is 8.34. The molecule has 4 rings (SSSR count). The first-order valence-corrected chi connectivity index (χ1v) is 9.28. The zero-order chi connectivity index (χ0) is 19.2. The second-order valence-electron chi connectivity index (χ2n) is 8.34. The molecule has 2 unspecified atom stereocenters. The van der Waals surface area contributed by atoms with Gasteiger partial charge in [0.25, 0.3) is 0 Å². The third kappa shape index (κ3) is 3.57. The van der Waals surface area contributed by atoms with E-state index in [0.29, 0.717) is 16.6 Å². The molecule has 3 aromatic rings. The SMILES string of the molecule is CC(C)(C)c1ccc(C2CC2C(=O)Nc2cnc3cccc(F)c3c2)cc1. The number of carbonyl (C=O) groups is 1. The summed E-state index contributed by atoms with van der Waals surface area (Å²) in [6.07, 6.45) is 2.42. The van der Waals surface area contributed by atoms with Crippen molar-refractivity contribution in [1.29, 1.82) is 0 Å². The largest absolute Gasteiger partial charge is 0.324 e. The van der Waals surface area contributed by atoms with E-state index in [1.807, 2.05) is 0 Å². The first kappa shape index (κ1) is 17.7. The Hall–Kier alpha value is -2.75. The highest BCUT2D eigenvalue weighted by molar-refractivity contribution is 5.96. The molecule has 138 valence electrons. The lowest BCUT2D eigenvalue weighted by Gasteiger charge is -2.19. The van der Waals surface area contributed by atoms with Crippen LogP contribution in [0.3, 0.4) is 0 Å². The molecule has 1 saturated carbocycles. The van der Waals surface area contributed by atoms with Gasteiger partial charge in [-0.2, -0.15) is 0 Å². The van der Waals surface area contributed by atoms with E-state index in [1.54, 1.807) is 24.4 Å². The number of carbonyl (C=O) groups excluding carboxylic acids is 1. The molecule has 27 heavy (non-hydrogen) atoms. The molecule has 0 bridgehead atoms. The van der Waals surface area contributed by atoms with Crippen molar-refractivity contribution in [3.63, 3.8) is 0 Å². The number of hydrogen-bond acceptors (Lipinski definition) is 2. The Labute approximate surface area is 158 Å². The van der Waals surface area contributed by atoms with Gasteiger partial charge in [-0.1, -0.05) is 51.1 Å². The number of nitrogens with zero attached hydrogens (tertiary/aromatic N) is 1. The van der Waals surface area contributed by atoms with Crippen LogP contribution in [-0.4, -0.2) is 10.9 Å². The second kappa shape index (κ2) is 6.45. The molecule has 3 nitrogen and oxygen atoms in total. The fourth-order valence-electron chi connectivity index (χ4n) is 3.50. The van der Waals surface area contributed by atoms with E-state index in [4.69, 9.17) is 0 Å². The average Bonchev–Trinajstić information content (AvgIpc) is 3.43. The van der Waals surface area contributed by atoms with Gasteiger partial charge in [-0.3, -0.25) is 9.78 Å². The Balaban J connectivity index is 1.45. The van der Waals surface area contributed by atoms with Crippen molar-refractivity contribution < 1.29 is 9.18 Å². The molecular formula is C23H23FN2O. The molecule has 1 fully saturated rings. The maximum Gasteiger partial charge on any atom is 0.228 e. The number of anilines is 1. The molecule has 2 aromatic carbocycles. The Morgan fingerprint density at radius 1 is 1.15 bits per heavy atom. The predicted molar refractivity (Wildman–Crippen MR) is 106 cm³/mol. The Kier molecular flexibility index (Phi) is 4.22. The molecule has 0 aliphatic heterocycles. The third-order valence-corrected chi connectivity index (χ3v) is 5.27. The molecule has 0 radical (unpaired) electrons. The number of hydrogen-bond donors (Lipinski definition) is 1. The Morgan fingerprint density at radius 3 is 2.59 bits per heavy atom. The van der Waals surface area contributed by atoms with E-state index >= 15 is 0 Å². The van der Waals surface area contributed by atoms with Crippen molar-refractivity contribution >= 4 is 22.5 Å². The summed E-state index contributed by atoms with van der Waals surface area (Å²) in [5.74, 6) is -0.150. The molecule has 2 atom stereocenters. The van der Waals surface area contributed by atoms with Gasteiger partial charge < -0.3 is 5.32 Å².